The van der Waals surface area contributed by atoms with Gasteiger partial charge in [0.1, 0.15) is 18.2 Å². The Hall–Kier alpha value is -3.66. The van der Waals surface area contributed by atoms with Crippen molar-refractivity contribution in [2.45, 2.75) is 45.3 Å². The van der Waals surface area contributed by atoms with Crippen molar-refractivity contribution in [3.63, 3.8) is 0 Å². The molecule has 1 aliphatic heterocycles. The van der Waals surface area contributed by atoms with Gasteiger partial charge in [-0.25, -0.2) is 0 Å². The Labute approximate surface area is 193 Å². The number of carbonyl (C=O) groups is 1. The first-order valence-corrected chi connectivity index (χ1v) is 11.2. The normalized spacial score (nSPS) is 19.5. The monoisotopic (exact) mass is 448 g/mol. The first-order chi connectivity index (χ1) is 16.1. The van der Waals surface area contributed by atoms with Crippen LogP contribution in [0.5, 0.6) is 23.0 Å². The van der Waals surface area contributed by atoms with E-state index in [1.165, 1.54) is 6.42 Å². The fourth-order valence-electron chi connectivity index (χ4n) is 4.18. The van der Waals surface area contributed by atoms with Gasteiger partial charge in [0.15, 0.2) is 23.0 Å². The zero-order chi connectivity index (χ0) is 23.2. The molecule has 2 aromatic carbocycles. The number of carbonyl (C=O) groups excluding carboxylic acids is 1. The molecule has 0 radical (unpaired) electrons. The van der Waals surface area contributed by atoms with Crippen molar-refractivity contribution in [1.82, 2.24) is 5.32 Å². The van der Waals surface area contributed by atoms with Crippen molar-refractivity contribution < 1.29 is 23.7 Å². The molecule has 33 heavy (non-hydrogen) atoms. The second-order valence-electron chi connectivity index (χ2n) is 8.40. The van der Waals surface area contributed by atoms with Gasteiger partial charge < -0.3 is 24.3 Å². The molecular formula is C26H28N2O5. The molecule has 7 nitrogen and oxygen atoms in total. The maximum atomic E-state index is 12.7. The van der Waals surface area contributed by atoms with E-state index < -0.39 is 0 Å². The minimum atomic E-state index is -0.335. The Morgan fingerprint density at radius 3 is 2.76 bits per heavy atom. The molecule has 0 spiro atoms. The molecule has 1 N–H and O–H groups in total. The third-order valence-corrected chi connectivity index (χ3v) is 6.12. The van der Waals surface area contributed by atoms with Crippen LogP contribution in [0.4, 0.5) is 0 Å². The van der Waals surface area contributed by atoms with E-state index in [-0.39, 0.29) is 24.3 Å². The Bertz CT molecular complexity index is 1090. The van der Waals surface area contributed by atoms with E-state index >= 15 is 0 Å². The Kier molecular flexibility index (Phi) is 7.04. The molecule has 7 heteroatoms. The maximum absolute atomic E-state index is 12.7. The van der Waals surface area contributed by atoms with Crippen molar-refractivity contribution in [3.8, 4) is 29.1 Å². The van der Waals surface area contributed by atoms with Crippen LogP contribution in [0.3, 0.4) is 0 Å². The van der Waals surface area contributed by atoms with Crippen LogP contribution in [0.15, 0.2) is 42.0 Å². The Morgan fingerprint density at radius 1 is 1.15 bits per heavy atom. The highest BCUT2D eigenvalue weighted by atomic mass is 16.7. The van der Waals surface area contributed by atoms with E-state index in [2.05, 4.69) is 12.2 Å². The molecule has 1 saturated carbocycles. The van der Waals surface area contributed by atoms with Crippen LogP contribution < -0.4 is 24.3 Å². The van der Waals surface area contributed by atoms with Crippen LogP contribution in [0.1, 0.15) is 43.7 Å². The third kappa shape index (κ3) is 5.40. The number of amides is 1. The Balaban J connectivity index is 1.44. The molecule has 2 aliphatic rings. The molecule has 0 saturated heterocycles. The lowest BCUT2D eigenvalue weighted by Gasteiger charge is -2.29. The van der Waals surface area contributed by atoms with Gasteiger partial charge in [0.25, 0.3) is 5.91 Å². The summed E-state index contributed by atoms with van der Waals surface area (Å²) in [5.74, 6) is 2.59. The minimum absolute atomic E-state index is 0.0730. The largest absolute Gasteiger partial charge is 0.493 e. The smallest absolute Gasteiger partial charge is 0.262 e. The first kappa shape index (κ1) is 22.5. The number of methoxy groups -OCH3 is 1. The van der Waals surface area contributed by atoms with Crippen LogP contribution in [0.2, 0.25) is 0 Å². The van der Waals surface area contributed by atoms with E-state index in [1.54, 1.807) is 31.4 Å². The van der Waals surface area contributed by atoms with E-state index in [0.717, 1.165) is 30.6 Å². The van der Waals surface area contributed by atoms with E-state index in [4.69, 9.17) is 18.9 Å². The van der Waals surface area contributed by atoms with Crippen molar-refractivity contribution in [3.05, 3.63) is 53.1 Å². The predicted molar refractivity (Wildman–Crippen MR) is 123 cm³/mol. The molecule has 0 unspecified atom stereocenters. The number of nitrogens with one attached hydrogen (secondary N) is 1. The summed E-state index contributed by atoms with van der Waals surface area (Å²) in [5.41, 5.74) is 1.69. The molecule has 1 heterocycles. The molecule has 0 bridgehead atoms. The quantitative estimate of drug-likeness (QED) is 0.492. The topological polar surface area (TPSA) is 89.8 Å². The van der Waals surface area contributed by atoms with E-state index in [0.29, 0.717) is 35.3 Å². The van der Waals surface area contributed by atoms with Crippen LogP contribution in [0.25, 0.3) is 6.08 Å². The summed E-state index contributed by atoms with van der Waals surface area (Å²) in [6.45, 7) is 2.70. The lowest BCUT2D eigenvalue weighted by Crippen LogP contribution is -2.41. The standard InChI is InChI=1S/C26H28N2O5/c1-17-5-3-4-6-21(17)28-26(29)20(14-27)11-18-7-9-22(24(12-18)30-2)31-15-19-8-10-23-25(13-19)33-16-32-23/h7-13,17,21H,3-6,15-16H2,1-2H3,(H,28,29)/b20-11+/t17-,21+/m1/s1. The van der Waals surface area contributed by atoms with Crippen LogP contribution >= 0.6 is 0 Å². The number of benzene rings is 2. The molecule has 4 rings (SSSR count). The summed E-state index contributed by atoms with van der Waals surface area (Å²) in [7, 11) is 1.55. The van der Waals surface area contributed by atoms with Gasteiger partial charge in [-0.15, -0.1) is 0 Å². The number of hydrogen-bond donors (Lipinski definition) is 1. The van der Waals surface area contributed by atoms with Crippen LogP contribution in [-0.4, -0.2) is 25.9 Å². The molecular weight excluding hydrogens is 420 g/mol. The van der Waals surface area contributed by atoms with Gasteiger partial charge in [-0.05, 0) is 60.2 Å². The number of nitriles is 1. The molecule has 1 aliphatic carbocycles. The van der Waals surface area contributed by atoms with Crippen LogP contribution in [-0.2, 0) is 11.4 Å². The van der Waals surface area contributed by atoms with Gasteiger partial charge in [0.2, 0.25) is 6.79 Å². The van der Waals surface area contributed by atoms with Gasteiger partial charge in [0.05, 0.1) is 7.11 Å². The number of nitrogens with zero attached hydrogens (tertiary/aromatic N) is 1. The first-order valence-electron chi connectivity index (χ1n) is 11.2. The van der Waals surface area contributed by atoms with Gasteiger partial charge in [-0.2, -0.15) is 5.26 Å². The average molecular weight is 449 g/mol. The molecule has 2 aromatic rings. The van der Waals surface area contributed by atoms with Crippen molar-refractivity contribution in [2.24, 2.45) is 5.92 Å². The van der Waals surface area contributed by atoms with Gasteiger partial charge in [0, 0.05) is 6.04 Å². The number of rotatable bonds is 7. The Morgan fingerprint density at radius 2 is 1.97 bits per heavy atom. The van der Waals surface area contributed by atoms with Gasteiger partial charge in [-0.3, -0.25) is 4.79 Å². The fraction of sp³-hybridized carbons (Fsp3) is 0.385. The highest BCUT2D eigenvalue weighted by Crippen LogP contribution is 2.34. The molecule has 1 amide bonds. The van der Waals surface area contributed by atoms with E-state index in [9.17, 15) is 10.1 Å². The van der Waals surface area contributed by atoms with Crippen molar-refractivity contribution >= 4 is 12.0 Å². The zero-order valence-corrected chi connectivity index (χ0v) is 18.9. The fourth-order valence-corrected chi connectivity index (χ4v) is 4.18. The lowest BCUT2D eigenvalue weighted by atomic mass is 9.86. The van der Waals surface area contributed by atoms with E-state index in [1.807, 2.05) is 24.3 Å². The molecule has 0 aromatic heterocycles. The lowest BCUT2D eigenvalue weighted by molar-refractivity contribution is -0.118. The second-order valence-corrected chi connectivity index (χ2v) is 8.40. The number of hydrogen-bond acceptors (Lipinski definition) is 6. The molecule has 1 fully saturated rings. The SMILES string of the molecule is COc1cc(/C=C(\C#N)C(=O)N[C@H]2CCCC[C@H]2C)ccc1OCc1ccc2c(c1)OCO2. The summed E-state index contributed by atoms with van der Waals surface area (Å²) in [4.78, 5) is 12.7. The highest BCUT2D eigenvalue weighted by Gasteiger charge is 2.24. The summed E-state index contributed by atoms with van der Waals surface area (Å²) >= 11 is 0. The minimum Gasteiger partial charge on any atom is -0.493 e. The molecule has 172 valence electrons. The third-order valence-electron chi connectivity index (χ3n) is 6.12. The van der Waals surface area contributed by atoms with Gasteiger partial charge >= 0.3 is 0 Å². The van der Waals surface area contributed by atoms with Crippen molar-refractivity contribution in [1.29, 1.82) is 5.26 Å². The maximum Gasteiger partial charge on any atom is 0.262 e. The summed E-state index contributed by atoms with van der Waals surface area (Å²) in [6, 6.07) is 13.1. The zero-order valence-electron chi connectivity index (χ0n) is 18.9. The van der Waals surface area contributed by atoms with Crippen LogP contribution in [0, 0.1) is 17.2 Å². The summed E-state index contributed by atoms with van der Waals surface area (Å²) in [5, 5.41) is 12.6. The summed E-state index contributed by atoms with van der Waals surface area (Å²) < 4.78 is 22.1. The molecule has 2 atom stereocenters. The summed E-state index contributed by atoms with van der Waals surface area (Å²) in [6.07, 6.45) is 5.92. The van der Waals surface area contributed by atoms with Gasteiger partial charge in [-0.1, -0.05) is 31.9 Å². The highest BCUT2D eigenvalue weighted by molar-refractivity contribution is 6.01. The number of fused-ring (bicyclic) bond motifs is 1. The predicted octanol–water partition coefficient (Wildman–Crippen LogP) is 4.60. The number of ether oxygens (including phenoxy) is 4. The van der Waals surface area contributed by atoms with Crippen molar-refractivity contribution in [2.75, 3.05) is 13.9 Å². The second kappa shape index (κ2) is 10.3. The average Bonchev–Trinajstić information content (AvgIpc) is 3.30.